The SMILES string of the molecule is c1ccc(-c2ccc(-c3nc(-c4ccccc4)nc(-n4c5ccccc5c5cc6c7ccccc7n(-c7cccc8oc9cc(-c%10ccccc%10)ccc9c78)c6cc54)n3)cc2)cc1. The summed E-state index contributed by atoms with van der Waals surface area (Å²) in [6.07, 6.45) is 0. The molecule has 0 fully saturated rings. The van der Waals surface area contributed by atoms with Crippen LogP contribution in [0, 0.1) is 0 Å². The number of hydrogen-bond donors (Lipinski definition) is 0. The molecule has 13 aromatic rings. The van der Waals surface area contributed by atoms with Gasteiger partial charge in [0.2, 0.25) is 5.95 Å². The highest BCUT2D eigenvalue weighted by Crippen LogP contribution is 2.43. The maximum Gasteiger partial charge on any atom is 0.238 e. The molecule has 0 amide bonds. The molecule has 0 atom stereocenters. The minimum absolute atomic E-state index is 0.552. The largest absolute Gasteiger partial charge is 0.456 e. The molecule has 0 radical (unpaired) electrons. The highest BCUT2D eigenvalue weighted by Gasteiger charge is 2.23. The predicted molar refractivity (Wildman–Crippen MR) is 258 cm³/mol. The van der Waals surface area contributed by atoms with Gasteiger partial charge < -0.3 is 8.98 Å². The van der Waals surface area contributed by atoms with E-state index < -0.39 is 0 Å². The molecule has 0 aliphatic heterocycles. The second-order valence-electron chi connectivity index (χ2n) is 16.0. The Hall–Kier alpha value is -8.61. The van der Waals surface area contributed by atoms with Crippen LogP contribution >= 0.6 is 0 Å². The van der Waals surface area contributed by atoms with Crippen LogP contribution in [-0.4, -0.2) is 24.1 Å². The lowest BCUT2D eigenvalue weighted by Crippen LogP contribution is -2.06. The fraction of sp³-hybridized carbons (Fsp3) is 0. The second kappa shape index (κ2) is 14.0. The van der Waals surface area contributed by atoms with E-state index in [-0.39, 0.29) is 0 Å². The number of fused-ring (bicyclic) bond motifs is 9. The second-order valence-corrected chi connectivity index (χ2v) is 16.0. The summed E-state index contributed by atoms with van der Waals surface area (Å²) in [4.78, 5) is 15.7. The van der Waals surface area contributed by atoms with Gasteiger partial charge in [0.15, 0.2) is 11.6 Å². The van der Waals surface area contributed by atoms with Crippen molar-refractivity contribution in [3.05, 3.63) is 212 Å². The molecule has 0 N–H and O–H groups in total. The predicted octanol–water partition coefficient (Wildman–Crippen LogP) is 14.6. The number of hydrogen-bond acceptors (Lipinski definition) is 4. The minimum Gasteiger partial charge on any atom is -0.456 e. The molecule has 0 aliphatic carbocycles. The van der Waals surface area contributed by atoms with Crippen LogP contribution < -0.4 is 0 Å². The molecule has 0 saturated heterocycles. The van der Waals surface area contributed by atoms with E-state index in [1.807, 2.05) is 30.3 Å². The maximum absolute atomic E-state index is 6.65. The number of para-hydroxylation sites is 2. The van der Waals surface area contributed by atoms with E-state index in [1.165, 1.54) is 5.39 Å². The number of nitrogens with zero attached hydrogens (tertiary/aromatic N) is 5. The first-order chi connectivity index (χ1) is 31.2. The summed E-state index contributed by atoms with van der Waals surface area (Å²) in [6, 6.07) is 74.4. The monoisotopic (exact) mass is 805 g/mol. The number of furan rings is 1. The summed E-state index contributed by atoms with van der Waals surface area (Å²) >= 11 is 0. The van der Waals surface area contributed by atoms with Gasteiger partial charge in [-0.25, -0.2) is 4.98 Å². The maximum atomic E-state index is 6.65. The molecular formula is C57H35N5O. The van der Waals surface area contributed by atoms with E-state index in [4.69, 9.17) is 19.4 Å². The Bertz CT molecular complexity index is 3890. The Morgan fingerprint density at radius 1 is 0.302 bits per heavy atom. The number of benzene rings is 9. The molecule has 9 aromatic carbocycles. The summed E-state index contributed by atoms with van der Waals surface area (Å²) in [5.41, 5.74) is 13.4. The minimum atomic E-state index is 0.552. The van der Waals surface area contributed by atoms with Crippen molar-refractivity contribution in [1.82, 2.24) is 24.1 Å². The quantitative estimate of drug-likeness (QED) is 0.168. The summed E-state index contributed by atoms with van der Waals surface area (Å²) in [5.74, 6) is 1.77. The van der Waals surface area contributed by atoms with Crippen molar-refractivity contribution >= 4 is 65.6 Å². The van der Waals surface area contributed by atoms with E-state index >= 15 is 0 Å². The molecule has 4 heterocycles. The summed E-state index contributed by atoms with van der Waals surface area (Å²) < 4.78 is 11.3. The van der Waals surface area contributed by atoms with Crippen LogP contribution in [0.4, 0.5) is 0 Å². The van der Waals surface area contributed by atoms with Crippen molar-refractivity contribution in [1.29, 1.82) is 0 Å². The van der Waals surface area contributed by atoms with Gasteiger partial charge in [-0.1, -0.05) is 164 Å². The molecule has 0 unspecified atom stereocenters. The zero-order valence-corrected chi connectivity index (χ0v) is 33.9. The number of rotatable bonds is 6. The van der Waals surface area contributed by atoms with E-state index in [0.717, 1.165) is 99.2 Å². The Labute approximate surface area is 361 Å². The zero-order valence-electron chi connectivity index (χ0n) is 33.9. The molecule has 63 heavy (non-hydrogen) atoms. The van der Waals surface area contributed by atoms with Crippen LogP contribution in [0.2, 0.25) is 0 Å². The Morgan fingerprint density at radius 3 is 1.48 bits per heavy atom. The molecule has 0 saturated carbocycles. The molecule has 0 spiro atoms. The highest BCUT2D eigenvalue weighted by atomic mass is 16.3. The van der Waals surface area contributed by atoms with Crippen molar-refractivity contribution in [3.8, 4) is 56.7 Å². The fourth-order valence-electron chi connectivity index (χ4n) is 9.46. The van der Waals surface area contributed by atoms with Crippen LogP contribution in [0.15, 0.2) is 217 Å². The molecule has 6 nitrogen and oxygen atoms in total. The number of aromatic nitrogens is 5. The van der Waals surface area contributed by atoms with E-state index in [9.17, 15) is 0 Å². The van der Waals surface area contributed by atoms with Crippen LogP contribution in [-0.2, 0) is 0 Å². The van der Waals surface area contributed by atoms with Crippen molar-refractivity contribution < 1.29 is 4.42 Å². The Kier molecular flexibility index (Phi) is 7.80. The molecular weight excluding hydrogens is 771 g/mol. The molecule has 4 aromatic heterocycles. The van der Waals surface area contributed by atoms with Crippen molar-refractivity contribution in [2.45, 2.75) is 0 Å². The molecule has 13 rings (SSSR count). The van der Waals surface area contributed by atoms with E-state index in [0.29, 0.717) is 17.6 Å². The van der Waals surface area contributed by atoms with Gasteiger partial charge in [0.05, 0.1) is 33.1 Å². The average Bonchev–Trinajstić information content (AvgIpc) is 4.01. The van der Waals surface area contributed by atoms with Gasteiger partial charge in [0.1, 0.15) is 11.2 Å². The van der Waals surface area contributed by atoms with Crippen molar-refractivity contribution in [2.24, 2.45) is 0 Å². The van der Waals surface area contributed by atoms with Gasteiger partial charge in [0, 0.05) is 38.1 Å². The summed E-state index contributed by atoms with van der Waals surface area (Å²) in [7, 11) is 0. The molecule has 6 heteroatoms. The van der Waals surface area contributed by atoms with Crippen molar-refractivity contribution in [3.63, 3.8) is 0 Å². The normalized spacial score (nSPS) is 11.8. The van der Waals surface area contributed by atoms with Gasteiger partial charge in [-0.05, 0) is 70.8 Å². The molecule has 294 valence electrons. The van der Waals surface area contributed by atoms with Gasteiger partial charge in [-0.2, -0.15) is 9.97 Å². The summed E-state index contributed by atoms with van der Waals surface area (Å²) in [5, 5.41) is 6.73. The third kappa shape index (κ3) is 5.62. The molecule has 0 bridgehead atoms. The van der Waals surface area contributed by atoms with Crippen LogP contribution in [0.5, 0.6) is 0 Å². The van der Waals surface area contributed by atoms with Gasteiger partial charge in [-0.3, -0.25) is 4.57 Å². The zero-order chi connectivity index (χ0) is 41.4. The third-order valence-corrected chi connectivity index (χ3v) is 12.4. The average molecular weight is 806 g/mol. The Balaban J connectivity index is 1.06. The lowest BCUT2D eigenvalue weighted by atomic mass is 10.0. The third-order valence-electron chi connectivity index (χ3n) is 12.4. The first-order valence-electron chi connectivity index (χ1n) is 21.2. The topological polar surface area (TPSA) is 61.7 Å². The molecule has 0 aliphatic rings. The summed E-state index contributed by atoms with van der Waals surface area (Å²) in [6.45, 7) is 0. The van der Waals surface area contributed by atoms with E-state index in [2.05, 4.69) is 191 Å². The van der Waals surface area contributed by atoms with Gasteiger partial charge in [-0.15, -0.1) is 0 Å². The van der Waals surface area contributed by atoms with Crippen LogP contribution in [0.25, 0.3) is 122 Å². The first kappa shape index (κ1) is 35.2. The first-order valence-corrected chi connectivity index (χ1v) is 21.2. The lowest BCUT2D eigenvalue weighted by molar-refractivity contribution is 0.669. The fourth-order valence-corrected chi connectivity index (χ4v) is 9.46. The van der Waals surface area contributed by atoms with Gasteiger partial charge >= 0.3 is 0 Å². The lowest BCUT2D eigenvalue weighted by Gasteiger charge is -2.12. The van der Waals surface area contributed by atoms with Crippen LogP contribution in [0.1, 0.15) is 0 Å². The standard InChI is InChI=1S/C57H35N5O/c1-4-15-36(16-5-1)38-27-29-40(30-28-38)56-58-55(39-19-8-3-9-20-39)59-57(60-56)62-48-24-13-11-22-43(48)46-34-45-42-21-10-12-23-47(42)61(50(45)35-51(46)62)49-25-14-26-52-54(49)44-32-31-41(33-53(44)63-52)37-17-6-2-7-18-37/h1-35H. The smallest absolute Gasteiger partial charge is 0.238 e. The van der Waals surface area contributed by atoms with Gasteiger partial charge in [0.25, 0.3) is 0 Å². The van der Waals surface area contributed by atoms with Crippen LogP contribution in [0.3, 0.4) is 0 Å². The van der Waals surface area contributed by atoms with E-state index in [1.54, 1.807) is 0 Å². The Morgan fingerprint density at radius 2 is 0.810 bits per heavy atom. The van der Waals surface area contributed by atoms with Crippen molar-refractivity contribution in [2.75, 3.05) is 0 Å². The highest BCUT2D eigenvalue weighted by molar-refractivity contribution is 6.20.